The lowest BCUT2D eigenvalue weighted by molar-refractivity contribution is 0.0951. The number of halogens is 2. The van der Waals surface area contributed by atoms with E-state index in [-0.39, 0.29) is 26.5 Å². The first-order chi connectivity index (χ1) is 14.8. The number of rotatable bonds is 8. The highest BCUT2D eigenvalue weighted by molar-refractivity contribution is 7.92. The lowest BCUT2D eigenvalue weighted by Gasteiger charge is -2.11. The standard InChI is InChI=1S/C21H19Cl2N3O4S/c1-2-30-20-11-14(9-10-24-20)13-25-21(27)15-3-6-17(7-4-15)26-31(28,29)19-12-16(22)5-8-18(19)23/h3-12,26H,2,13H2,1H3,(H,25,27). The van der Waals surface area contributed by atoms with E-state index in [9.17, 15) is 13.2 Å². The smallest absolute Gasteiger partial charge is 0.263 e. The van der Waals surface area contributed by atoms with Gasteiger partial charge in [-0.1, -0.05) is 23.2 Å². The summed E-state index contributed by atoms with van der Waals surface area (Å²) in [7, 11) is -3.94. The average molecular weight is 480 g/mol. The molecule has 7 nitrogen and oxygen atoms in total. The van der Waals surface area contributed by atoms with E-state index in [1.54, 1.807) is 18.3 Å². The minimum absolute atomic E-state index is 0.0523. The van der Waals surface area contributed by atoms with Crippen LogP contribution in [0.15, 0.2) is 65.7 Å². The van der Waals surface area contributed by atoms with Gasteiger partial charge in [-0.05, 0) is 61.0 Å². The number of pyridine rings is 1. The molecule has 0 aliphatic carbocycles. The fraction of sp³-hybridized carbons (Fsp3) is 0.143. The van der Waals surface area contributed by atoms with Gasteiger partial charge in [0.15, 0.2) is 0 Å². The minimum atomic E-state index is -3.94. The monoisotopic (exact) mass is 479 g/mol. The van der Waals surface area contributed by atoms with Crippen LogP contribution >= 0.6 is 23.2 Å². The lowest BCUT2D eigenvalue weighted by Crippen LogP contribution is -2.22. The summed E-state index contributed by atoms with van der Waals surface area (Å²) in [5, 5.41) is 3.10. The van der Waals surface area contributed by atoms with Crippen LogP contribution < -0.4 is 14.8 Å². The number of amides is 1. The molecule has 31 heavy (non-hydrogen) atoms. The maximum atomic E-state index is 12.6. The maximum absolute atomic E-state index is 12.6. The molecule has 3 aromatic rings. The van der Waals surface area contributed by atoms with E-state index < -0.39 is 10.0 Å². The fourth-order valence-corrected chi connectivity index (χ4v) is 4.48. The number of sulfonamides is 1. The van der Waals surface area contributed by atoms with Crippen molar-refractivity contribution in [1.29, 1.82) is 0 Å². The summed E-state index contributed by atoms with van der Waals surface area (Å²) in [5.41, 5.74) is 1.50. The Morgan fingerprint density at radius 3 is 2.52 bits per heavy atom. The van der Waals surface area contributed by atoms with Crippen LogP contribution in [0, 0.1) is 0 Å². The zero-order valence-corrected chi connectivity index (χ0v) is 18.8. The van der Waals surface area contributed by atoms with Crippen LogP contribution in [0.1, 0.15) is 22.8 Å². The molecule has 1 heterocycles. The third-order valence-electron chi connectivity index (χ3n) is 4.13. The lowest BCUT2D eigenvalue weighted by atomic mass is 10.2. The van der Waals surface area contributed by atoms with Crippen molar-refractivity contribution in [2.24, 2.45) is 0 Å². The normalized spacial score (nSPS) is 11.1. The van der Waals surface area contributed by atoms with Crippen LogP contribution in [0.25, 0.3) is 0 Å². The first-order valence-corrected chi connectivity index (χ1v) is 11.5. The fourth-order valence-electron chi connectivity index (χ4n) is 2.65. The maximum Gasteiger partial charge on any atom is 0.263 e. The Balaban J connectivity index is 1.65. The molecule has 0 spiro atoms. The van der Waals surface area contributed by atoms with E-state index in [1.807, 2.05) is 6.92 Å². The quantitative estimate of drug-likeness (QED) is 0.494. The Bertz CT molecular complexity index is 1190. The van der Waals surface area contributed by atoms with Gasteiger partial charge in [-0.25, -0.2) is 13.4 Å². The van der Waals surface area contributed by atoms with Crippen molar-refractivity contribution < 1.29 is 17.9 Å². The van der Waals surface area contributed by atoms with Gasteiger partial charge in [0.05, 0.1) is 11.6 Å². The number of nitrogens with one attached hydrogen (secondary N) is 2. The van der Waals surface area contributed by atoms with Crippen molar-refractivity contribution >= 4 is 44.8 Å². The summed E-state index contributed by atoms with van der Waals surface area (Å²) < 4.78 is 32.9. The number of carbonyl (C=O) groups is 1. The number of aromatic nitrogens is 1. The van der Waals surface area contributed by atoms with Crippen LogP contribution in [-0.2, 0) is 16.6 Å². The molecule has 2 aromatic carbocycles. The Hall–Kier alpha value is -2.81. The molecule has 0 aliphatic heterocycles. The summed E-state index contributed by atoms with van der Waals surface area (Å²) in [6.45, 7) is 2.66. The second-order valence-corrected chi connectivity index (χ2v) is 8.87. The molecule has 0 fully saturated rings. The summed E-state index contributed by atoms with van der Waals surface area (Å²) in [6, 6.07) is 13.7. The van der Waals surface area contributed by atoms with E-state index in [2.05, 4.69) is 15.0 Å². The Morgan fingerprint density at radius 1 is 1.06 bits per heavy atom. The van der Waals surface area contributed by atoms with Gasteiger partial charge in [-0.15, -0.1) is 0 Å². The summed E-state index contributed by atoms with van der Waals surface area (Å²) in [5.74, 6) is 0.188. The van der Waals surface area contributed by atoms with Gasteiger partial charge in [-0.3, -0.25) is 9.52 Å². The molecule has 0 atom stereocenters. The highest BCUT2D eigenvalue weighted by atomic mass is 35.5. The summed E-state index contributed by atoms with van der Waals surface area (Å²) >= 11 is 11.9. The van der Waals surface area contributed by atoms with Crippen molar-refractivity contribution in [3.63, 3.8) is 0 Å². The van der Waals surface area contributed by atoms with Gasteiger partial charge in [0.25, 0.3) is 15.9 Å². The number of hydrogen-bond donors (Lipinski definition) is 2. The topological polar surface area (TPSA) is 97.4 Å². The van der Waals surface area contributed by atoms with Gasteiger partial charge in [-0.2, -0.15) is 0 Å². The Morgan fingerprint density at radius 2 is 1.81 bits per heavy atom. The molecule has 0 unspecified atom stereocenters. The van der Waals surface area contributed by atoms with Gasteiger partial charge in [0.2, 0.25) is 5.88 Å². The Labute approximate surface area is 190 Å². The molecule has 1 amide bonds. The average Bonchev–Trinajstić information content (AvgIpc) is 2.74. The molecule has 0 saturated carbocycles. The van der Waals surface area contributed by atoms with Crippen LogP contribution in [0.5, 0.6) is 5.88 Å². The summed E-state index contributed by atoms with van der Waals surface area (Å²) in [4.78, 5) is 16.3. The van der Waals surface area contributed by atoms with Gasteiger partial charge in [0, 0.05) is 35.1 Å². The SMILES string of the molecule is CCOc1cc(CNC(=O)c2ccc(NS(=O)(=O)c3cc(Cl)ccc3Cl)cc2)ccn1. The first kappa shape index (κ1) is 22.9. The van der Waals surface area contributed by atoms with Crippen molar-refractivity contribution in [1.82, 2.24) is 10.3 Å². The Kier molecular flexibility index (Phi) is 7.37. The van der Waals surface area contributed by atoms with Crippen molar-refractivity contribution in [2.75, 3.05) is 11.3 Å². The second kappa shape index (κ2) is 10.00. The van der Waals surface area contributed by atoms with Crippen LogP contribution in [0.4, 0.5) is 5.69 Å². The third-order valence-corrected chi connectivity index (χ3v) is 6.22. The molecule has 0 saturated heterocycles. The first-order valence-electron chi connectivity index (χ1n) is 9.22. The number of anilines is 1. The second-order valence-electron chi connectivity index (χ2n) is 6.38. The third kappa shape index (κ3) is 6.10. The van der Waals surface area contributed by atoms with Crippen molar-refractivity contribution in [3.05, 3.63) is 82.0 Å². The van der Waals surface area contributed by atoms with Crippen molar-refractivity contribution in [2.45, 2.75) is 18.4 Å². The predicted molar refractivity (Wildman–Crippen MR) is 120 cm³/mol. The van der Waals surface area contributed by atoms with E-state index in [4.69, 9.17) is 27.9 Å². The summed E-state index contributed by atoms with van der Waals surface area (Å²) in [6.07, 6.45) is 1.61. The van der Waals surface area contributed by atoms with E-state index >= 15 is 0 Å². The molecular weight excluding hydrogens is 461 g/mol. The zero-order valence-electron chi connectivity index (χ0n) is 16.4. The molecule has 10 heteroatoms. The molecule has 2 N–H and O–H groups in total. The zero-order chi connectivity index (χ0) is 22.4. The number of hydrogen-bond acceptors (Lipinski definition) is 5. The molecule has 1 aromatic heterocycles. The predicted octanol–water partition coefficient (Wildman–Crippen LogP) is 4.52. The molecule has 0 aliphatic rings. The van der Waals surface area contributed by atoms with Gasteiger partial charge < -0.3 is 10.1 Å². The van der Waals surface area contributed by atoms with Gasteiger partial charge >= 0.3 is 0 Å². The van der Waals surface area contributed by atoms with Crippen LogP contribution in [-0.4, -0.2) is 25.9 Å². The number of ether oxygens (including phenoxy) is 1. The van der Waals surface area contributed by atoms with Crippen molar-refractivity contribution in [3.8, 4) is 5.88 Å². The molecular formula is C21H19Cl2N3O4S. The van der Waals surface area contributed by atoms with E-state index in [0.29, 0.717) is 24.6 Å². The highest BCUT2D eigenvalue weighted by Crippen LogP contribution is 2.27. The van der Waals surface area contributed by atoms with Crippen LogP contribution in [0.2, 0.25) is 10.0 Å². The van der Waals surface area contributed by atoms with E-state index in [1.165, 1.54) is 42.5 Å². The highest BCUT2D eigenvalue weighted by Gasteiger charge is 2.19. The van der Waals surface area contributed by atoms with E-state index in [0.717, 1.165) is 5.56 Å². The van der Waals surface area contributed by atoms with Crippen LogP contribution in [0.3, 0.4) is 0 Å². The largest absolute Gasteiger partial charge is 0.478 e. The minimum Gasteiger partial charge on any atom is -0.478 e. The van der Waals surface area contributed by atoms with Gasteiger partial charge in [0.1, 0.15) is 4.90 Å². The molecule has 3 rings (SSSR count). The molecule has 162 valence electrons. The number of benzene rings is 2. The number of carbonyl (C=O) groups excluding carboxylic acids is 1. The molecule has 0 radical (unpaired) electrons. The molecule has 0 bridgehead atoms. The number of nitrogens with zero attached hydrogens (tertiary/aromatic N) is 1.